The van der Waals surface area contributed by atoms with Crippen LogP contribution in [0.5, 0.6) is 0 Å². The Morgan fingerprint density at radius 3 is 2.85 bits per heavy atom. The van der Waals surface area contributed by atoms with Gasteiger partial charge in [0.1, 0.15) is 17.0 Å². The van der Waals surface area contributed by atoms with Crippen LogP contribution in [-0.2, 0) is 11.3 Å². The van der Waals surface area contributed by atoms with Gasteiger partial charge in [-0.05, 0) is 25.8 Å². The smallest absolute Gasteiger partial charge is 0.255 e. The molecule has 0 saturated carbocycles. The number of fused-ring (bicyclic) bond motifs is 1. The number of aromatic nitrogens is 4. The maximum absolute atomic E-state index is 12.7. The fourth-order valence-corrected chi connectivity index (χ4v) is 3.29. The Balaban J connectivity index is 1.54. The molecule has 0 aliphatic carbocycles. The highest BCUT2D eigenvalue weighted by atomic mass is 16.5. The number of hydrogen-bond donors (Lipinski definition) is 0. The first-order valence-corrected chi connectivity index (χ1v) is 8.70. The van der Waals surface area contributed by atoms with Crippen molar-refractivity contribution in [3.8, 4) is 0 Å². The summed E-state index contributed by atoms with van der Waals surface area (Å²) in [5, 5.41) is 3.93. The summed E-state index contributed by atoms with van der Waals surface area (Å²) in [6, 6.07) is 3.96. The van der Waals surface area contributed by atoms with Crippen molar-refractivity contribution in [2.45, 2.75) is 32.4 Å². The van der Waals surface area contributed by atoms with E-state index in [0.717, 1.165) is 48.7 Å². The van der Waals surface area contributed by atoms with Gasteiger partial charge < -0.3 is 18.7 Å². The molecule has 0 atom stereocenters. The topological polar surface area (TPSA) is 86.3 Å². The molecule has 4 rings (SSSR count). The first-order valence-electron chi connectivity index (χ1n) is 8.70. The number of amides is 1. The van der Waals surface area contributed by atoms with Gasteiger partial charge in [0, 0.05) is 38.6 Å². The van der Waals surface area contributed by atoms with E-state index >= 15 is 0 Å². The molecule has 26 heavy (non-hydrogen) atoms. The van der Waals surface area contributed by atoms with Crippen molar-refractivity contribution in [1.82, 2.24) is 24.6 Å². The third kappa shape index (κ3) is 3.20. The molecule has 1 fully saturated rings. The second kappa shape index (κ2) is 6.87. The molecule has 0 spiro atoms. The van der Waals surface area contributed by atoms with Gasteiger partial charge in [-0.1, -0.05) is 5.16 Å². The molecule has 0 aromatic carbocycles. The molecule has 3 aromatic heterocycles. The van der Waals surface area contributed by atoms with Gasteiger partial charge in [0.05, 0.1) is 18.4 Å². The summed E-state index contributed by atoms with van der Waals surface area (Å²) < 4.78 is 12.6. The number of imidazole rings is 1. The average Bonchev–Trinajstić information content (AvgIpc) is 3.27. The molecule has 1 saturated heterocycles. The van der Waals surface area contributed by atoms with Gasteiger partial charge in [0.25, 0.3) is 5.91 Å². The van der Waals surface area contributed by atoms with Gasteiger partial charge in [0.15, 0.2) is 5.65 Å². The molecule has 8 nitrogen and oxygen atoms in total. The van der Waals surface area contributed by atoms with Crippen LogP contribution in [0.4, 0.5) is 0 Å². The van der Waals surface area contributed by atoms with E-state index in [1.54, 1.807) is 24.2 Å². The normalized spacial score (nSPS) is 15.5. The molecule has 136 valence electrons. The SMILES string of the molecule is Cc1cc(CN(C)C(=O)c2cnc3c(c2)ncn3C2CCOCC2)no1. The van der Waals surface area contributed by atoms with E-state index in [1.807, 2.05) is 19.3 Å². The lowest BCUT2D eigenvalue weighted by Crippen LogP contribution is -2.26. The third-order valence-corrected chi connectivity index (χ3v) is 4.67. The summed E-state index contributed by atoms with van der Waals surface area (Å²) in [5.41, 5.74) is 2.77. The maximum atomic E-state index is 12.7. The van der Waals surface area contributed by atoms with E-state index < -0.39 is 0 Å². The fraction of sp³-hybridized carbons (Fsp3) is 0.444. The van der Waals surface area contributed by atoms with Crippen LogP contribution in [0.25, 0.3) is 11.2 Å². The van der Waals surface area contributed by atoms with Crippen molar-refractivity contribution in [2.24, 2.45) is 0 Å². The van der Waals surface area contributed by atoms with Crippen molar-refractivity contribution in [3.63, 3.8) is 0 Å². The van der Waals surface area contributed by atoms with E-state index in [9.17, 15) is 4.79 Å². The van der Waals surface area contributed by atoms with Crippen LogP contribution in [0.1, 0.15) is 40.7 Å². The molecule has 4 heterocycles. The Kier molecular flexibility index (Phi) is 4.42. The zero-order valence-electron chi connectivity index (χ0n) is 14.9. The second-order valence-electron chi connectivity index (χ2n) is 6.65. The zero-order valence-corrected chi connectivity index (χ0v) is 14.9. The number of carbonyl (C=O) groups is 1. The minimum absolute atomic E-state index is 0.124. The minimum Gasteiger partial charge on any atom is -0.381 e. The summed E-state index contributed by atoms with van der Waals surface area (Å²) in [6.07, 6.45) is 5.33. The lowest BCUT2D eigenvalue weighted by Gasteiger charge is -2.23. The predicted octanol–water partition coefficient (Wildman–Crippen LogP) is 2.35. The number of hydrogen-bond acceptors (Lipinski definition) is 6. The number of rotatable bonds is 4. The predicted molar refractivity (Wildman–Crippen MR) is 93.7 cm³/mol. The van der Waals surface area contributed by atoms with Crippen LogP contribution in [0.3, 0.4) is 0 Å². The van der Waals surface area contributed by atoms with Gasteiger partial charge >= 0.3 is 0 Å². The Morgan fingerprint density at radius 2 is 2.12 bits per heavy atom. The van der Waals surface area contributed by atoms with Crippen molar-refractivity contribution < 1.29 is 14.1 Å². The molecule has 0 radical (unpaired) electrons. The monoisotopic (exact) mass is 355 g/mol. The van der Waals surface area contributed by atoms with E-state index in [0.29, 0.717) is 18.2 Å². The lowest BCUT2D eigenvalue weighted by atomic mass is 10.1. The summed E-state index contributed by atoms with van der Waals surface area (Å²) in [7, 11) is 1.73. The molecular weight excluding hydrogens is 334 g/mol. The summed E-state index contributed by atoms with van der Waals surface area (Å²) in [4.78, 5) is 23.2. The summed E-state index contributed by atoms with van der Waals surface area (Å²) in [5.74, 6) is 0.600. The van der Waals surface area contributed by atoms with Crippen molar-refractivity contribution >= 4 is 17.1 Å². The number of carbonyl (C=O) groups excluding carboxylic acids is 1. The quantitative estimate of drug-likeness (QED) is 0.714. The first kappa shape index (κ1) is 16.7. The standard InChI is InChI=1S/C18H21N5O3/c1-12-7-14(21-26-12)10-22(2)18(24)13-8-16-17(19-9-13)23(11-20-16)15-3-5-25-6-4-15/h7-9,11,15H,3-6,10H2,1-2H3. The summed E-state index contributed by atoms with van der Waals surface area (Å²) >= 11 is 0. The van der Waals surface area contributed by atoms with Gasteiger partial charge in [-0.25, -0.2) is 9.97 Å². The molecule has 8 heteroatoms. The van der Waals surface area contributed by atoms with Crippen molar-refractivity contribution in [1.29, 1.82) is 0 Å². The molecule has 1 aliphatic rings. The number of ether oxygens (including phenoxy) is 1. The Labute approximate surface area is 150 Å². The highest BCUT2D eigenvalue weighted by molar-refractivity contribution is 5.96. The maximum Gasteiger partial charge on any atom is 0.255 e. The first-order chi connectivity index (χ1) is 12.6. The molecule has 1 amide bonds. The number of aryl methyl sites for hydroxylation is 1. The lowest BCUT2D eigenvalue weighted by molar-refractivity contribution is 0.0704. The van der Waals surface area contributed by atoms with E-state index in [2.05, 4.69) is 19.7 Å². The molecule has 0 N–H and O–H groups in total. The van der Waals surface area contributed by atoms with Crippen LogP contribution in [0.15, 0.2) is 29.2 Å². The van der Waals surface area contributed by atoms with Gasteiger partial charge in [-0.2, -0.15) is 0 Å². The molecule has 1 aliphatic heterocycles. The van der Waals surface area contributed by atoms with Crippen LogP contribution in [0.2, 0.25) is 0 Å². The third-order valence-electron chi connectivity index (χ3n) is 4.67. The largest absolute Gasteiger partial charge is 0.381 e. The molecule has 0 bridgehead atoms. The zero-order chi connectivity index (χ0) is 18.1. The molecule has 3 aromatic rings. The fourth-order valence-electron chi connectivity index (χ4n) is 3.29. The highest BCUT2D eigenvalue weighted by Crippen LogP contribution is 2.25. The molecular formula is C18H21N5O3. The van der Waals surface area contributed by atoms with Crippen LogP contribution in [0, 0.1) is 6.92 Å². The van der Waals surface area contributed by atoms with E-state index in [1.165, 1.54) is 0 Å². The molecule has 0 unspecified atom stereocenters. The highest BCUT2D eigenvalue weighted by Gasteiger charge is 2.20. The second-order valence-corrected chi connectivity index (χ2v) is 6.65. The van der Waals surface area contributed by atoms with E-state index in [4.69, 9.17) is 9.26 Å². The number of pyridine rings is 1. The van der Waals surface area contributed by atoms with Gasteiger partial charge in [0.2, 0.25) is 0 Å². The van der Waals surface area contributed by atoms with Crippen LogP contribution >= 0.6 is 0 Å². The van der Waals surface area contributed by atoms with Crippen molar-refractivity contribution in [3.05, 3.63) is 41.7 Å². The average molecular weight is 355 g/mol. The van der Waals surface area contributed by atoms with Crippen LogP contribution < -0.4 is 0 Å². The Hall–Kier alpha value is -2.74. The minimum atomic E-state index is -0.124. The Bertz CT molecular complexity index is 926. The van der Waals surface area contributed by atoms with Gasteiger partial charge in [-0.3, -0.25) is 4.79 Å². The van der Waals surface area contributed by atoms with Crippen LogP contribution in [-0.4, -0.2) is 50.8 Å². The van der Waals surface area contributed by atoms with Gasteiger partial charge in [-0.15, -0.1) is 0 Å². The Morgan fingerprint density at radius 1 is 1.31 bits per heavy atom. The van der Waals surface area contributed by atoms with E-state index in [-0.39, 0.29) is 5.91 Å². The number of nitrogens with zero attached hydrogens (tertiary/aromatic N) is 5. The summed E-state index contributed by atoms with van der Waals surface area (Å²) in [6.45, 7) is 3.72. The van der Waals surface area contributed by atoms with Crippen molar-refractivity contribution in [2.75, 3.05) is 20.3 Å².